The summed E-state index contributed by atoms with van der Waals surface area (Å²) in [6.07, 6.45) is 5.70. The van der Waals surface area contributed by atoms with Crippen LogP contribution in [0.3, 0.4) is 0 Å². The van der Waals surface area contributed by atoms with Gasteiger partial charge in [0, 0.05) is 25.1 Å². The van der Waals surface area contributed by atoms with Crippen molar-refractivity contribution < 1.29 is 13.2 Å². The van der Waals surface area contributed by atoms with Gasteiger partial charge in [0.1, 0.15) is 23.2 Å². The number of carbonyl (C=O) groups excluding carboxylic acids is 1. The lowest BCUT2D eigenvalue weighted by Crippen LogP contribution is -2.38. The molecule has 1 fully saturated rings. The number of nitrogens with zero attached hydrogens (tertiary/aromatic N) is 6. The lowest BCUT2D eigenvalue weighted by atomic mass is 9.96. The van der Waals surface area contributed by atoms with Crippen molar-refractivity contribution in [1.82, 2.24) is 34.3 Å². The monoisotopic (exact) mass is 480 g/mol. The van der Waals surface area contributed by atoms with Crippen molar-refractivity contribution in [3.05, 3.63) is 59.8 Å². The summed E-state index contributed by atoms with van der Waals surface area (Å²) in [6.45, 7) is 2.86. The Hall–Kier alpha value is -3.64. The third-order valence-electron chi connectivity index (χ3n) is 5.96. The van der Waals surface area contributed by atoms with Gasteiger partial charge in [-0.15, -0.1) is 0 Å². The molecule has 4 heterocycles. The minimum Gasteiger partial charge on any atom is -0.305 e. The molecule has 11 nitrogen and oxygen atoms in total. The molecule has 1 unspecified atom stereocenters. The molecule has 176 valence electrons. The fraction of sp³-hybridized carbons (Fsp3) is 0.318. The summed E-state index contributed by atoms with van der Waals surface area (Å²) in [6, 6.07) is 9.57. The molecular formula is C22H24N8O3S. The summed E-state index contributed by atoms with van der Waals surface area (Å²) in [5.41, 5.74) is 3.72. The van der Waals surface area contributed by atoms with Gasteiger partial charge in [0.05, 0.1) is 23.8 Å². The van der Waals surface area contributed by atoms with E-state index in [4.69, 9.17) is 5.10 Å². The van der Waals surface area contributed by atoms with Gasteiger partial charge in [-0.1, -0.05) is 17.7 Å². The predicted octanol–water partition coefficient (Wildman–Crippen LogP) is 2.24. The minimum absolute atomic E-state index is 0.0789. The fourth-order valence-corrected chi connectivity index (χ4v) is 5.07. The molecule has 3 aromatic heterocycles. The lowest BCUT2D eigenvalue weighted by molar-refractivity contribution is 0.102. The van der Waals surface area contributed by atoms with Gasteiger partial charge in [-0.05, 0) is 31.9 Å². The van der Waals surface area contributed by atoms with Gasteiger partial charge < -0.3 is 5.32 Å². The number of hydrogen-bond donors (Lipinski definition) is 2. The molecule has 0 bridgehead atoms. The second kappa shape index (κ2) is 8.61. The molecule has 0 spiro atoms. The number of H-pyrrole nitrogens is 1. The molecule has 0 radical (unpaired) electrons. The highest BCUT2D eigenvalue weighted by Crippen LogP contribution is 2.30. The molecule has 12 heteroatoms. The van der Waals surface area contributed by atoms with Crippen molar-refractivity contribution in [2.75, 3.05) is 24.7 Å². The van der Waals surface area contributed by atoms with E-state index in [1.807, 2.05) is 31.2 Å². The van der Waals surface area contributed by atoms with Crippen molar-refractivity contribution in [3.8, 4) is 5.69 Å². The SMILES string of the molecule is Cc1ccc(-n2nc(C3CCCN(S(C)(=O)=O)C3)cc2NC(=O)c2n[nH]c3cncnc23)cc1. The van der Waals surface area contributed by atoms with Gasteiger partial charge in [0.15, 0.2) is 5.69 Å². The number of benzene rings is 1. The first-order valence-electron chi connectivity index (χ1n) is 10.9. The molecule has 5 rings (SSSR count). The summed E-state index contributed by atoms with van der Waals surface area (Å²) in [5, 5.41) is 14.5. The number of aromatic nitrogens is 6. The van der Waals surface area contributed by atoms with Crippen LogP contribution in [0.1, 0.15) is 40.5 Å². The fourth-order valence-electron chi connectivity index (χ4n) is 4.16. The van der Waals surface area contributed by atoms with E-state index in [0.717, 1.165) is 29.8 Å². The van der Waals surface area contributed by atoms with Crippen molar-refractivity contribution in [3.63, 3.8) is 0 Å². The number of anilines is 1. The summed E-state index contributed by atoms with van der Waals surface area (Å²) in [5.74, 6) is -0.0542. The lowest BCUT2D eigenvalue weighted by Gasteiger charge is -2.29. The van der Waals surface area contributed by atoms with E-state index in [1.165, 1.54) is 16.9 Å². The highest BCUT2D eigenvalue weighted by molar-refractivity contribution is 7.88. The van der Waals surface area contributed by atoms with Crippen LogP contribution in [0.2, 0.25) is 0 Å². The number of carbonyl (C=O) groups is 1. The van der Waals surface area contributed by atoms with Gasteiger partial charge in [-0.2, -0.15) is 10.2 Å². The van der Waals surface area contributed by atoms with Crippen LogP contribution in [-0.4, -0.2) is 67.9 Å². The van der Waals surface area contributed by atoms with Crippen LogP contribution in [0, 0.1) is 6.92 Å². The minimum atomic E-state index is -3.29. The Morgan fingerprint density at radius 2 is 2.03 bits per heavy atom. The number of rotatable bonds is 5. The van der Waals surface area contributed by atoms with E-state index < -0.39 is 15.9 Å². The molecule has 0 saturated carbocycles. The highest BCUT2D eigenvalue weighted by Gasteiger charge is 2.29. The first kappa shape index (κ1) is 22.2. The maximum absolute atomic E-state index is 13.1. The molecule has 1 atom stereocenters. The van der Waals surface area contributed by atoms with E-state index >= 15 is 0 Å². The third-order valence-corrected chi connectivity index (χ3v) is 7.23. The van der Waals surface area contributed by atoms with Gasteiger partial charge >= 0.3 is 0 Å². The maximum Gasteiger partial charge on any atom is 0.279 e. The van der Waals surface area contributed by atoms with E-state index in [9.17, 15) is 13.2 Å². The molecular weight excluding hydrogens is 456 g/mol. The van der Waals surface area contributed by atoms with Crippen LogP contribution in [0.4, 0.5) is 5.82 Å². The second-order valence-corrected chi connectivity index (χ2v) is 10.5. The average molecular weight is 481 g/mol. The number of nitrogens with one attached hydrogen (secondary N) is 2. The van der Waals surface area contributed by atoms with Gasteiger partial charge in [-0.25, -0.2) is 27.4 Å². The number of amides is 1. The molecule has 1 saturated heterocycles. The van der Waals surface area contributed by atoms with Crippen LogP contribution >= 0.6 is 0 Å². The summed E-state index contributed by atoms with van der Waals surface area (Å²) in [4.78, 5) is 21.2. The van der Waals surface area contributed by atoms with E-state index in [2.05, 4.69) is 25.5 Å². The Morgan fingerprint density at radius 3 is 2.79 bits per heavy atom. The number of aromatic amines is 1. The van der Waals surface area contributed by atoms with E-state index in [-0.39, 0.29) is 11.6 Å². The topological polar surface area (TPSA) is 139 Å². The zero-order valence-electron chi connectivity index (χ0n) is 18.8. The van der Waals surface area contributed by atoms with Gasteiger partial charge in [0.25, 0.3) is 5.91 Å². The quantitative estimate of drug-likeness (QED) is 0.447. The van der Waals surface area contributed by atoms with Crippen molar-refractivity contribution in [2.45, 2.75) is 25.7 Å². The largest absolute Gasteiger partial charge is 0.305 e. The van der Waals surface area contributed by atoms with Crippen LogP contribution in [0.25, 0.3) is 16.7 Å². The molecule has 1 aliphatic heterocycles. The smallest absolute Gasteiger partial charge is 0.279 e. The summed E-state index contributed by atoms with van der Waals surface area (Å²) in [7, 11) is -3.29. The molecule has 2 N–H and O–H groups in total. The third kappa shape index (κ3) is 4.29. The zero-order chi connectivity index (χ0) is 23.9. The number of sulfonamides is 1. The molecule has 4 aromatic rings. The Balaban J connectivity index is 1.50. The zero-order valence-corrected chi connectivity index (χ0v) is 19.6. The highest BCUT2D eigenvalue weighted by atomic mass is 32.2. The molecule has 1 aliphatic rings. The van der Waals surface area contributed by atoms with Crippen molar-refractivity contribution in [2.24, 2.45) is 0 Å². The number of fused-ring (bicyclic) bond motifs is 1. The Bertz CT molecular complexity index is 1460. The molecule has 1 amide bonds. The summed E-state index contributed by atoms with van der Waals surface area (Å²) < 4.78 is 27.3. The predicted molar refractivity (Wildman–Crippen MR) is 126 cm³/mol. The summed E-state index contributed by atoms with van der Waals surface area (Å²) >= 11 is 0. The molecule has 1 aromatic carbocycles. The van der Waals surface area contributed by atoms with E-state index in [1.54, 1.807) is 16.9 Å². The van der Waals surface area contributed by atoms with Crippen molar-refractivity contribution >= 4 is 32.8 Å². The standard InChI is InChI=1S/C22H24N8O3S/c1-14-5-7-16(8-6-14)30-19(25-22(31)21-20-18(26-27-21)11-23-13-24-20)10-17(28-30)15-4-3-9-29(12-15)34(2,32)33/h5-8,10-11,13,15H,3-4,9,12H2,1-2H3,(H,25,31)(H,26,27). The van der Waals surface area contributed by atoms with Crippen molar-refractivity contribution in [1.29, 1.82) is 0 Å². The van der Waals surface area contributed by atoms with Gasteiger partial charge in [-0.3, -0.25) is 9.89 Å². The number of piperidine rings is 1. The van der Waals surface area contributed by atoms with Crippen LogP contribution in [-0.2, 0) is 10.0 Å². The van der Waals surface area contributed by atoms with E-state index in [0.29, 0.717) is 29.9 Å². The second-order valence-electron chi connectivity index (χ2n) is 8.47. The number of aryl methyl sites for hydroxylation is 1. The first-order chi connectivity index (χ1) is 16.3. The number of hydrogen-bond acceptors (Lipinski definition) is 7. The van der Waals surface area contributed by atoms with Gasteiger partial charge in [0.2, 0.25) is 10.0 Å². The molecule has 0 aliphatic carbocycles. The Kier molecular flexibility index (Phi) is 5.62. The average Bonchev–Trinajstić information content (AvgIpc) is 3.44. The Labute approximate surface area is 196 Å². The van der Waals surface area contributed by atoms with Crippen LogP contribution < -0.4 is 5.32 Å². The van der Waals surface area contributed by atoms with Crippen LogP contribution in [0.5, 0.6) is 0 Å². The Morgan fingerprint density at radius 1 is 1.24 bits per heavy atom. The maximum atomic E-state index is 13.1. The molecule has 34 heavy (non-hydrogen) atoms. The normalized spacial score (nSPS) is 17.2. The van der Waals surface area contributed by atoms with Crippen LogP contribution in [0.15, 0.2) is 42.9 Å². The first-order valence-corrected chi connectivity index (χ1v) is 12.7.